The van der Waals surface area contributed by atoms with Gasteiger partial charge in [-0.2, -0.15) is 5.10 Å². The normalized spacial score (nSPS) is 10.2. The van der Waals surface area contributed by atoms with Gasteiger partial charge >= 0.3 is 0 Å². The third-order valence-electron chi connectivity index (χ3n) is 2.31. The number of nitrogens with zero attached hydrogens (tertiary/aromatic N) is 3. The van der Waals surface area contributed by atoms with Crippen LogP contribution < -0.4 is 11.1 Å². The number of amides is 1. The molecule has 0 saturated carbocycles. The number of rotatable bonds is 3. The van der Waals surface area contributed by atoms with Crippen molar-refractivity contribution < 1.29 is 4.79 Å². The summed E-state index contributed by atoms with van der Waals surface area (Å²) in [6.07, 6.45) is 6.33. The summed E-state index contributed by atoms with van der Waals surface area (Å²) in [7, 11) is 0. The number of pyridine rings is 1. The highest BCUT2D eigenvalue weighted by molar-refractivity contribution is 6.07. The number of anilines is 2. The first kappa shape index (κ1) is 11.1. The van der Waals surface area contributed by atoms with E-state index >= 15 is 0 Å². The van der Waals surface area contributed by atoms with Crippen molar-refractivity contribution in [3.05, 3.63) is 36.4 Å². The van der Waals surface area contributed by atoms with Crippen LogP contribution in [-0.4, -0.2) is 20.7 Å². The molecule has 2 aromatic rings. The van der Waals surface area contributed by atoms with Crippen LogP contribution in [0.4, 0.5) is 11.4 Å². The number of aryl methyl sites for hydroxylation is 1. The molecular weight excluding hydrogens is 218 g/mol. The zero-order valence-corrected chi connectivity index (χ0v) is 9.42. The molecule has 6 heteroatoms. The minimum atomic E-state index is -0.286. The largest absolute Gasteiger partial charge is 0.398 e. The molecule has 0 aromatic carbocycles. The molecule has 2 aromatic heterocycles. The molecule has 0 atom stereocenters. The van der Waals surface area contributed by atoms with E-state index in [1.165, 1.54) is 6.20 Å². The van der Waals surface area contributed by atoms with Crippen LogP contribution in [0.1, 0.15) is 17.3 Å². The van der Waals surface area contributed by atoms with Crippen LogP contribution in [0.25, 0.3) is 0 Å². The molecule has 0 radical (unpaired) electrons. The van der Waals surface area contributed by atoms with Gasteiger partial charge in [0.1, 0.15) is 0 Å². The van der Waals surface area contributed by atoms with E-state index in [4.69, 9.17) is 5.73 Å². The fraction of sp³-hybridized carbons (Fsp3) is 0.182. The maximum Gasteiger partial charge on any atom is 0.259 e. The van der Waals surface area contributed by atoms with Crippen LogP contribution in [0.3, 0.4) is 0 Å². The quantitative estimate of drug-likeness (QED) is 0.829. The van der Waals surface area contributed by atoms with Gasteiger partial charge in [0.2, 0.25) is 0 Å². The fourth-order valence-corrected chi connectivity index (χ4v) is 1.39. The highest BCUT2D eigenvalue weighted by Gasteiger charge is 2.10. The van der Waals surface area contributed by atoms with Crippen LogP contribution in [0.15, 0.2) is 30.9 Å². The monoisotopic (exact) mass is 231 g/mol. The van der Waals surface area contributed by atoms with Gasteiger partial charge in [0.15, 0.2) is 0 Å². The number of nitrogens with one attached hydrogen (secondary N) is 1. The molecule has 3 N–H and O–H groups in total. The van der Waals surface area contributed by atoms with E-state index in [0.717, 1.165) is 6.54 Å². The van der Waals surface area contributed by atoms with Gasteiger partial charge < -0.3 is 11.1 Å². The summed E-state index contributed by atoms with van der Waals surface area (Å²) in [5.74, 6) is -0.286. The van der Waals surface area contributed by atoms with Crippen molar-refractivity contribution in [1.29, 1.82) is 0 Å². The summed E-state index contributed by atoms with van der Waals surface area (Å²) in [6.45, 7) is 2.72. The Morgan fingerprint density at radius 1 is 1.53 bits per heavy atom. The second kappa shape index (κ2) is 4.65. The highest BCUT2D eigenvalue weighted by atomic mass is 16.1. The topological polar surface area (TPSA) is 85.8 Å². The van der Waals surface area contributed by atoms with Gasteiger partial charge in [-0.1, -0.05) is 0 Å². The van der Waals surface area contributed by atoms with Gasteiger partial charge in [0.25, 0.3) is 5.91 Å². The minimum Gasteiger partial charge on any atom is -0.398 e. The Labute approximate surface area is 98.5 Å². The molecule has 0 aliphatic heterocycles. The molecule has 0 unspecified atom stereocenters. The average Bonchev–Trinajstić information content (AvgIpc) is 2.77. The van der Waals surface area contributed by atoms with Crippen molar-refractivity contribution >= 4 is 17.3 Å². The molecule has 0 aliphatic carbocycles. The van der Waals surface area contributed by atoms with Gasteiger partial charge in [0.05, 0.1) is 17.4 Å². The fourth-order valence-electron chi connectivity index (χ4n) is 1.39. The number of aromatic nitrogens is 3. The maximum atomic E-state index is 11.9. The Morgan fingerprint density at radius 2 is 2.35 bits per heavy atom. The molecule has 2 heterocycles. The van der Waals surface area contributed by atoms with Crippen molar-refractivity contribution in [2.45, 2.75) is 13.5 Å². The molecular formula is C11H13N5O. The second-order valence-electron chi connectivity index (χ2n) is 3.50. The van der Waals surface area contributed by atoms with Crippen molar-refractivity contribution in [2.75, 3.05) is 11.1 Å². The zero-order chi connectivity index (χ0) is 12.3. The summed E-state index contributed by atoms with van der Waals surface area (Å²) < 4.78 is 1.72. The predicted octanol–water partition coefficient (Wildman–Crippen LogP) is 1.13. The molecule has 0 spiro atoms. The first-order valence-electron chi connectivity index (χ1n) is 5.24. The number of nitrogen functional groups attached to an aromatic ring is 1. The van der Waals surface area contributed by atoms with Crippen LogP contribution >= 0.6 is 0 Å². The summed E-state index contributed by atoms with van der Waals surface area (Å²) in [5, 5.41) is 6.77. The second-order valence-corrected chi connectivity index (χ2v) is 3.50. The van der Waals surface area contributed by atoms with E-state index in [9.17, 15) is 4.79 Å². The van der Waals surface area contributed by atoms with E-state index < -0.39 is 0 Å². The Balaban J connectivity index is 2.14. The molecule has 0 aliphatic rings. The Kier molecular flexibility index (Phi) is 3.04. The van der Waals surface area contributed by atoms with E-state index in [1.54, 1.807) is 29.3 Å². The van der Waals surface area contributed by atoms with Crippen LogP contribution in [0, 0.1) is 0 Å². The van der Waals surface area contributed by atoms with E-state index in [1.807, 2.05) is 6.92 Å². The standard InChI is InChI=1S/C11H13N5O/c1-2-16-7-8(5-14-16)15-11(17)9-6-13-4-3-10(9)12/h3-7H,2H2,1H3,(H2,12,13)(H,15,17). The lowest BCUT2D eigenvalue weighted by molar-refractivity contribution is 0.102. The third kappa shape index (κ3) is 2.41. The Morgan fingerprint density at radius 3 is 3.00 bits per heavy atom. The Bertz CT molecular complexity index is 534. The molecule has 2 rings (SSSR count). The number of carbonyl (C=O) groups is 1. The number of nitrogens with two attached hydrogens (primary N) is 1. The number of hydrogen-bond donors (Lipinski definition) is 2. The number of hydrogen-bond acceptors (Lipinski definition) is 4. The highest BCUT2D eigenvalue weighted by Crippen LogP contribution is 2.12. The van der Waals surface area contributed by atoms with Gasteiger partial charge in [-0.15, -0.1) is 0 Å². The van der Waals surface area contributed by atoms with Crippen molar-refractivity contribution in [3.63, 3.8) is 0 Å². The summed E-state index contributed by atoms with van der Waals surface area (Å²) >= 11 is 0. The summed E-state index contributed by atoms with van der Waals surface area (Å²) in [4.78, 5) is 15.7. The van der Waals surface area contributed by atoms with E-state index in [0.29, 0.717) is 16.9 Å². The SMILES string of the molecule is CCn1cc(NC(=O)c2cnccc2N)cn1. The van der Waals surface area contributed by atoms with E-state index in [2.05, 4.69) is 15.4 Å². The van der Waals surface area contributed by atoms with Crippen LogP contribution in [0.5, 0.6) is 0 Å². The molecule has 88 valence electrons. The first-order valence-corrected chi connectivity index (χ1v) is 5.24. The lowest BCUT2D eigenvalue weighted by Crippen LogP contribution is -2.13. The lowest BCUT2D eigenvalue weighted by Gasteiger charge is -2.04. The minimum absolute atomic E-state index is 0.286. The predicted molar refractivity (Wildman–Crippen MR) is 64.5 cm³/mol. The van der Waals surface area contributed by atoms with Crippen LogP contribution in [0.2, 0.25) is 0 Å². The van der Waals surface area contributed by atoms with Gasteiger partial charge in [-0.05, 0) is 13.0 Å². The van der Waals surface area contributed by atoms with Crippen molar-refractivity contribution in [2.24, 2.45) is 0 Å². The molecule has 6 nitrogen and oxygen atoms in total. The number of carbonyl (C=O) groups excluding carboxylic acids is 1. The third-order valence-corrected chi connectivity index (χ3v) is 2.31. The van der Waals surface area contributed by atoms with Gasteiger partial charge in [0, 0.05) is 30.8 Å². The molecule has 0 fully saturated rings. The maximum absolute atomic E-state index is 11.9. The summed E-state index contributed by atoms with van der Waals surface area (Å²) in [5.41, 5.74) is 7.09. The van der Waals surface area contributed by atoms with Crippen LogP contribution in [-0.2, 0) is 6.54 Å². The van der Waals surface area contributed by atoms with Gasteiger partial charge in [-0.3, -0.25) is 14.5 Å². The zero-order valence-electron chi connectivity index (χ0n) is 9.42. The van der Waals surface area contributed by atoms with Crippen molar-refractivity contribution in [1.82, 2.24) is 14.8 Å². The Hall–Kier alpha value is -2.37. The van der Waals surface area contributed by atoms with Crippen molar-refractivity contribution in [3.8, 4) is 0 Å². The molecule has 17 heavy (non-hydrogen) atoms. The smallest absolute Gasteiger partial charge is 0.259 e. The molecule has 0 bridgehead atoms. The lowest BCUT2D eigenvalue weighted by atomic mass is 10.2. The van der Waals surface area contributed by atoms with E-state index in [-0.39, 0.29) is 5.91 Å². The molecule has 1 amide bonds. The first-order chi connectivity index (χ1) is 8.20. The summed E-state index contributed by atoms with van der Waals surface area (Å²) in [6, 6.07) is 1.59. The average molecular weight is 231 g/mol. The molecule has 0 saturated heterocycles. The van der Waals surface area contributed by atoms with Gasteiger partial charge in [-0.25, -0.2) is 0 Å².